The molecule has 0 aromatic heterocycles. The van der Waals surface area contributed by atoms with Gasteiger partial charge in [0, 0.05) is 0 Å². The van der Waals surface area contributed by atoms with Gasteiger partial charge in [-0.25, -0.2) is 0 Å². The topological polar surface area (TPSA) is 99.2 Å². The van der Waals surface area contributed by atoms with Gasteiger partial charge in [-0.2, -0.15) is 0 Å². The van der Waals surface area contributed by atoms with E-state index in [1.54, 1.807) is 12.1 Å². The third-order valence-corrected chi connectivity index (χ3v) is 4.14. The van der Waals surface area contributed by atoms with Crippen LogP contribution >= 0.6 is 0 Å². The number of hydrogen-bond donors (Lipinski definition) is 0. The lowest BCUT2D eigenvalue weighted by Gasteiger charge is -2.25. The van der Waals surface area contributed by atoms with Crippen LogP contribution in [0.25, 0.3) is 0 Å². The average molecular weight is 387 g/mol. The summed E-state index contributed by atoms with van der Waals surface area (Å²) in [6.45, 7) is 7.81. The molecule has 0 spiro atoms. The summed E-state index contributed by atoms with van der Waals surface area (Å²) in [6.07, 6.45) is 2.55. The summed E-state index contributed by atoms with van der Waals surface area (Å²) >= 11 is 0. The monoisotopic (exact) mass is 387 g/mol. The number of fused-ring (bicyclic) bond motifs is 1. The van der Waals surface area contributed by atoms with Crippen LogP contribution in [0.1, 0.15) is 34.1 Å². The predicted molar refractivity (Wildman–Crippen MR) is 97.9 cm³/mol. The van der Waals surface area contributed by atoms with Gasteiger partial charge in [0.2, 0.25) is 0 Å². The predicted octanol–water partition coefficient (Wildman–Crippen LogP) is 2.07. The summed E-state index contributed by atoms with van der Waals surface area (Å²) < 4.78 is 9.97. The molecule has 0 unspecified atom stereocenters. The summed E-state index contributed by atoms with van der Waals surface area (Å²) in [7, 11) is 0. The van der Waals surface area contributed by atoms with Gasteiger partial charge in [-0.1, -0.05) is 37.4 Å². The fraction of sp³-hybridized carbons (Fsp3) is 0.300. The first kappa shape index (κ1) is 21.0. The first-order valence-electron chi connectivity index (χ1n) is 8.53. The van der Waals surface area contributed by atoms with E-state index in [2.05, 4.69) is 13.2 Å². The number of carbonyl (C=O) groups is 4. The zero-order valence-corrected chi connectivity index (χ0v) is 15.5. The van der Waals surface area contributed by atoms with E-state index in [9.17, 15) is 19.2 Å². The van der Waals surface area contributed by atoms with Gasteiger partial charge in [0.05, 0.1) is 17.7 Å². The zero-order chi connectivity index (χ0) is 20.7. The van der Waals surface area contributed by atoms with Gasteiger partial charge < -0.3 is 9.47 Å². The molecule has 0 saturated carbocycles. The summed E-state index contributed by atoms with van der Waals surface area (Å²) in [5.41, 5.74) is -1.23. The second-order valence-electron chi connectivity index (χ2n) is 6.14. The molecule has 1 aliphatic heterocycles. The fourth-order valence-electron chi connectivity index (χ4n) is 2.50. The number of imide groups is 1. The Balaban J connectivity index is 2.07. The molecule has 0 radical (unpaired) electrons. The maximum absolute atomic E-state index is 12.4. The Hall–Kier alpha value is -3.26. The van der Waals surface area contributed by atoms with Crippen molar-refractivity contribution in [1.82, 2.24) is 5.06 Å². The Kier molecular flexibility index (Phi) is 6.84. The highest BCUT2D eigenvalue weighted by atomic mass is 16.7. The molecule has 8 heteroatoms. The van der Waals surface area contributed by atoms with Crippen LogP contribution in [0.4, 0.5) is 0 Å². The second kappa shape index (κ2) is 9.09. The molecule has 0 bridgehead atoms. The standard InChI is InChI=1S/C20H21NO7/c1-4-11-26-18(24)20(3,19(25)27-12-5-2)10-13-28-21-16(22)14-8-6-7-9-15(14)17(21)23/h4-9H,1-2,10-13H2,3H3. The van der Waals surface area contributed by atoms with Crippen LogP contribution in [0, 0.1) is 5.41 Å². The lowest BCUT2D eigenvalue weighted by Crippen LogP contribution is -2.41. The summed E-state index contributed by atoms with van der Waals surface area (Å²) in [4.78, 5) is 54.6. The Bertz CT molecular complexity index is 756. The van der Waals surface area contributed by atoms with Crippen LogP contribution < -0.4 is 0 Å². The van der Waals surface area contributed by atoms with Crippen molar-refractivity contribution in [3.05, 3.63) is 60.7 Å². The van der Waals surface area contributed by atoms with Crippen LogP contribution in [0.2, 0.25) is 0 Å². The molecule has 2 amide bonds. The lowest BCUT2D eigenvalue weighted by atomic mass is 9.87. The van der Waals surface area contributed by atoms with Crippen molar-refractivity contribution >= 4 is 23.8 Å². The smallest absolute Gasteiger partial charge is 0.323 e. The summed E-state index contributed by atoms with van der Waals surface area (Å²) in [6, 6.07) is 6.30. The van der Waals surface area contributed by atoms with E-state index in [1.165, 1.54) is 31.2 Å². The maximum Gasteiger partial charge on any atom is 0.323 e. The average Bonchev–Trinajstić information content (AvgIpc) is 2.94. The van der Waals surface area contributed by atoms with Gasteiger partial charge in [-0.05, 0) is 25.5 Å². The SMILES string of the molecule is C=CCOC(=O)C(C)(CCON1C(=O)c2ccccc2C1=O)C(=O)OCC=C. The Morgan fingerprint density at radius 3 is 1.89 bits per heavy atom. The number of hydrogen-bond acceptors (Lipinski definition) is 7. The molecular weight excluding hydrogens is 366 g/mol. The second-order valence-corrected chi connectivity index (χ2v) is 6.14. The number of hydroxylamine groups is 2. The lowest BCUT2D eigenvalue weighted by molar-refractivity contribution is -0.173. The molecule has 2 rings (SSSR count). The fourth-order valence-corrected chi connectivity index (χ4v) is 2.50. The van der Waals surface area contributed by atoms with Crippen molar-refractivity contribution in [3.63, 3.8) is 0 Å². The van der Waals surface area contributed by atoms with Gasteiger partial charge in [0.1, 0.15) is 13.2 Å². The Morgan fingerprint density at radius 2 is 1.46 bits per heavy atom. The first-order chi connectivity index (χ1) is 13.4. The molecular formula is C20H21NO7. The number of rotatable bonds is 10. The Morgan fingerprint density at radius 1 is 1.00 bits per heavy atom. The van der Waals surface area contributed by atoms with E-state index in [4.69, 9.17) is 14.3 Å². The van der Waals surface area contributed by atoms with E-state index in [-0.39, 0.29) is 37.4 Å². The molecule has 0 fully saturated rings. The van der Waals surface area contributed by atoms with Gasteiger partial charge in [0.25, 0.3) is 11.8 Å². The summed E-state index contributed by atoms with van der Waals surface area (Å²) in [5, 5.41) is 0.620. The number of carbonyl (C=O) groups excluding carboxylic acids is 4. The highest BCUT2D eigenvalue weighted by Crippen LogP contribution is 2.28. The molecule has 1 aromatic rings. The van der Waals surface area contributed by atoms with E-state index in [0.29, 0.717) is 5.06 Å². The molecule has 8 nitrogen and oxygen atoms in total. The minimum atomic E-state index is -1.69. The number of esters is 2. The number of amides is 2. The van der Waals surface area contributed by atoms with E-state index < -0.39 is 29.2 Å². The third-order valence-electron chi connectivity index (χ3n) is 4.14. The van der Waals surface area contributed by atoms with E-state index in [1.807, 2.05) is 0 Å². The maximum atomic E-state index is 12.4. The minimum Gasteiger partial charge on any atom is -0.461 e. The van der Waals surface area contributed by atoms with Gasteiger partial charge in [-0.15, -0.1) is 5.06 Å². The molecule has 1 heterocycles. The van der Waals surface area contributed by atoms with Crippen molar-refractivity contribution in [2.45, 2.75) is 13.3 Å². The molecule has 0 saturated heterocycles. The summed E-state index contributed by atoms with van der Waals surface area (Å²) in [5.74, 6) is -2.86. The zero-order valence-electron chi connectivity index (χ0n) is 15.5. The highest BCUT2D eigenvalue weighted by Gasteiger charge is 2.45. The molecule has 0 aliphatic carbocycles. The van der Waals surface area contributed by atoms with E-state index >= 15 is 0 Å². The molecule has 28 heavy (non-hydrogen) atoms. The molecule has 1 aliphatic rings. The van der Waals surface area contributed by atoms with Crippen molar-refractivity contribution in [2.75, 3.05) is 19.8 Å². The van der Waals surface area contributed by atoms with Crippen LogP contribution in [-0.4, -0.2) is 48.6 Å². The van der Waals surface area contributed by atoms with Crippen LogP contribution in [0.3, 0.4) is 0 Å². The third kappa shape index (κ3) is 4.17. The highest BCUT2D eigenvalue weighted by molar-refractivity contribution is 6.20. The van der Waals surface area contributed by atoms with Gasteiger partial charge in [-0.3, -0.25) is 24.0 Å². The van der Waals surface area contributed by atoms with E-state index in [0.717, 1.165) is 0 Å². The number of nitrogens with zero attached hydrogens (tertiary/aromatic N) is 1. The van der Waals surface area contributed by atoms with Crippen LogP contribution in [0.5, 0.6) is 0 Å². The molecule has 148 valence electrons. The molecule has 1 aromatic carbocycles. The van der Waals surface area contributed by atoms with Crippen LogP contribution in [-0.2, 0) is 23.9 Å². The van der Waals surface area contributed by atoms with Crippen molar-refractivity contribution < 1.29 is 33.5 Å². The minimum absolute atomic E-state index is 0.0809. The number of ether oxygens (including phenoxy) is 2. The van der Waals surface area contributed by atoms with Gasteiger partial charge in [0.15, 0.2) is 5.41 Å². The first-order valence-corrected chi connectivity index (χ1v) is 8.53. The van der Waals surface area contributed by atoms with Crippen molar-refractivity contribution in [1.29, 1.82) is 0 Å². The van der Waals surface area contributed by atoms with Gasteiger partial charge >= 0.3 is 11.9 Å². The molecule has 0 atom stereocenters. The van der Waals surface area contributed by atoms with Crippen molar-refractivity contribution in [2.24, 2.45) is 5.41 Å². The Labute approximate surface area is 162 Å². The quantitative estimate of drug-likeness (QED) is 0.262. The largest absolute Gasteiger partial charge is 0.461 e. The normalized spacial score (nSPS) is 13.1. The van der Waals surface area contributed by atoms with Crippen LogP contribution in [0.15, 0.2) is 49.6 Å². The number of benzene rings is 1. The van der Waals surface area contributed by atoms with Crippen molar-refractivity contribution in [3.8, 4) is 0 Å². The molecule has 0 N–H and O–H groups in total.